The monoisotopic (exact) mass is 172 g/mol. The minimum atomic E-state index is -1.59. The van der Waals surface area contributed by atoms with Crippen molar-refractivity contribution in [3.8, 4) is 0 Å². The van der Waals surface area contributed by atoms with Crippen LogP contribution < -0.4 is 0 Å². The first-order valence-corrected chi connectivity index (χ1v) is 3.13. The first-order chi connectivity index (χ1) is 5.45. The molecule has 2 N–H and O–H groups in total. The molecule has 12 heavy (non-hydrogen) atoms. The molecule has 0 saturated carbocycles. The molecule has 0 radical (unpaired) electrons. The maximum absolute atomic E-state index is 10.4. The molecule has 0 rings (SSSR count). The normalized spacial score (nSPS) is 12.8. The van der Waals surface area contributed by atoms with Gasteiger partial charge < -0.3 is 10.2 Å². The first-order valence-electron chi connectivity index (χ1n) is 3.13. The molecule has 0 amide bonds. The minimum absolute atomic E-state index is 0.737. The molecular weight excluding hydrogens is 164 g/mol. The Hall–Kier alpha value is -1.65. The maximum Gasteiger partial charge on any atom is 0.376 e. The van der Waals surface area contributed by atoms with Crippen molar-refractivity contribution >= 4 is 17.7 Å². The molecule has 0 heterocycles. The fourth-order valence-corrected chi connectivity index (χ4v) is 0.385. The van der Waals surface area contributed by atoms with Crippen LogP contribution in [0.3, 0.4) is 0 Å². The Kier molecular flexibility index (Phi) is 3.69. The molecule has 1 atom stereocenters. The highest BCUT2D eigenvalue weighted by Gasteiger charge is 2.09. The van der Waals surface area contributed by atoms with Crippen LogP contribution in [0.25, 0.3) is 0 Å². The van der Waals surface area contributed by atoms with Gasteiger partial charge in [-0.3, -0.25) is 9.59 Å². The number of carbonyl (C=O) groups is 3. The average Bonchev–Trinajstić information content (AvgIpc) is 1.98. The summed E-state index contributed by atoms with van der Waals surface area (Å²) >= 11 is 0. The highest BCUT2D eigenvalue weighted by atomic mass is 16.4. The van der Waals surface area contributed by atoms with Crippen LogP contribution in [0, 0.1) is 5.92 Å². The lowest BCUT2D eigenvalue weighted by Gasteiger charge is -1.94. The lowest BCUT2D eigenvalue weighted by molar-refractivity contribution is -0.146. The van der Waals surface area contributed by atoms with Gasteiger partial charge in [-0.1, -0.05) is 6.08 Å². The van der Waals surface area contributed by atoms with Crippen LogP contribution in [-0.2, 0) is 14.4 Å². The number of hydrogen-bond donors (Lipinski definition) is 2. The zero-order valence-electron chi connectivity index (χ0n) is 6.35. The van der Waals surface area contributed by atoms with E-state index in [2.05, 4.69) is 0 Å². The van der Waals surface area contributed by atoms with Crippen molar-refractivity contribution in [3.05, 3.63) is 12.2 Å². The summed E-state index contributed by atoms with van der Waals surface area (Å²) in [5, 5.41) is 16.4. The van der Waals surface area contributed by atoms with Crippen LogP contribution in [0.5, 0.6) is 0 Å². The molecule has 0 fully saturated rings. The van der Waals surface area contributed by atoms with Crippen LogP contribution in [0.2, 0.25) is 0 Å². The van der Waals surface area contributed by atoms with E-state index >= 15 is 0 Å². The van der Waals surface area contributed by atoms with Crippen molar-refractivity contribution < 1.29 is 24.6 Å². The summed E-state index contributed by atoms with van der Waals surface area (Å²) in [4.78, 5) is 30.5. The van der Waals surface area contributed by atoms with E-state index in [0.717, 1.165) is 12.2 Å². The van der Waals surface area contributed by atoms with Gasteiger partial charge in [-0.05, 0) is 13.0 Å². The smallest absolute Gasteiger partial charge is 0.376 e. The van der Waals surface area contributed by atoms with E-state index < -0.39 is 23.6 Å². The number of aliphatic carboxylic acids is 2. The first kappa shape index (κ1) is 10.3. The molecule has 0 aromatic rings. The number of rotatable bonds is 4. The number of hydrogen-bond acceptors (Lipinski definition) is 3. The van der Waals surface area contributed by atoms with Crippen LogP contribution in [0.15, 0.2) is 12.2 Å². The van der Waals surface area contributed by atoms with Crippen molar-refractivity contribution in [3.63, 3.8) is 0 Å². The molecule has 66 valence electrons. The van der Waals surface area contributed by atoms with Crippen molar-refractivity contribution in [2.45, 2.75) is 6.92 Å². The van der Waals surface area contributed by atoms with Crippen molar-refractivity contribution in [1.29, 1.82) is 0 Å². The lowest BCUT2D eigenvalue weighted by atomic mass is 10.1. The zero-order chi connectivity index (χ0) is 9.72. The second kappa shape index (κ2) is 4.27. The molecule has 0 saturated heterocycles. The number of carboxylic acids is 2. The average molecular weight is 172 g/mol. The summed E-state index contributed by atoms with van der Waals surface area (Å²) in [7, 11) is 0. The van der Waals surface area contributed by atoms with E-state index in [-0.39, 0.29) is 0 Å². The Bertz CT molecular complexity index is 240. The Labute approximate surface area is 68.3 Å². The molecular formula is C7H8O5. The molecule has 0 aliphatic rings. The van der Waals surface area contributed by atoms with Crippen LogP contribution in [-0.4, -0.2) is 27.9 Å². The number of carbonyl (C=O) groups excluding carboxylic acids is 1. The van der Waals surface area contributed by atoms with E-state index in [9.17, 15) is 14.4 Å². The third-order valence-electron chi connectivity index (χ3n) is 1.14. The summed E-state index contributed by atoms with van der Waals surface area (Å²) in [5.74, 6) is -4.68. The zero-order valence-corrected chi connectivity index (χ0v) is 6.35. The molecule has 1 unspecified atom stereocenters. The van der Waals surface area contributed by atoms with Crippen LogP contribution in [0.4, 0.5) is 0 Å². The lowest BCUT2D eigenvalue weighted by Crippen LogP contribution is -2.11. The topological polar surface area (TPSA) is 91.7 Å². The van der Waals surface area contributed by atoms with Gasteiger partial charge in [0.05, 0.1) is 5.92 Å². The largest absolute Gasteiger partial charge is 0.481 e. The predicted molar refractivity (Wildman–Crippen MR) is 38.6 cm³/mol. The molecule has 0 aliphatic carbocycles. The fraction of sp³-hybridized carbons (Fsp3) is 0.286. The van der Waals surface area contributed by atoms with Gasteiger partial charge in [0.2, 0.25) is 0 Å². The quantitative estimate of drug-likeness (QED) is 0.457. The molecule has 0 aliphatic heterocycles. The molecule has 0 aromatic heterocycles. The van der Waals surface area contributed by atoms with Gasteiger partial charge in [0.15, 0.2) is 0 Å². The van der Waals surface area contributed by atoms with Gasteiger partial charge in [0.1, 0.15) is 0 Å². The maximum atomic E-state index is 10.4. The molecule has 5 nitrogen and oxygen atoms in total. The van der Waals surface area contributed by atoms with E-state index in [4.69, 9.17) is 10.2 Å². The van der Waals surface area contributed by atoms with Gasteiger partial charge >= 0.3 is 11.9 Å². The van der Waals surface area contributed by atoms with Crippen LogP contribution in [0.1, 0.15) is 6.92 Å². The summed E-state index contributed by atoms with van der Waals surface area (Å²) < 4.78 is 0. The molecule has 5 heteroatoms. The van der Waals surface area contributed by atoms with Crippen molar-refractivity contribution in [2.24, 2.45) is 5.92 Å². The van der Waals surface area contributed by atoms with Gasteiger partial charge in [-0.25, -0.2) is 4.79 Å². The third-order valence-corrected chi connectivity index (χ3v) is 1.14. The van der Waals surface area contributed by atoms with Gasteiger partial charge in [-0.2, -0.15) is 0 Å². The van der Waals surface area contributed by atoms with E-state index in [1.807, 2.05) is 0 Å². The third kappa shape index (κ3) is 3.50. The summed E-state index contributed by atoms with van der Waals surface area (Å²) in [6.07, 6.45) is 1.76. The summed E-state index contributed by atoms with van der Waals surface area (Å²) in [6.45, 7) is 1.34. The standard InChI is InChI=1S/C7H8O5/c1-4(6(9)10)2-3-5(8)7(11)12/h2-4H,1H3,(H,9,10)(H,11,12). The Balaban J connectivity index is 4.16. The van der Waals surface area contributed by atoms with E-state index in [0.29, 0.717) is 0 Å². The Morgan fingerprint density at radius 1 is 1.25 bits per heavy atom. The number of ketones is 1. The van der Waals surface area contributed by atoms with E-state index in [1.165, 1.54) is 6.92 Å². The molecule has 0 spiro atoms. The highest BCUT2D eigenvalue weighted by molar-refractivity contribution is 6.37. The number of carboxylic acid groups (broad SMARTS) is 2. The summed E-state index contributed by atoms with van der Waals surface area (Å²) in [6, 6.07) is 0. The van der Waals surface area contributed by atoms with Crippen molar-refractivity contribution in [2.75, 3.05) is 0 Å². The van der Waals surface area contributed by atoms with Gasteiger partial charge in [0, 0.05) is 0 Å². The van der Waals surface area contributed by atoms with E-state index in [1.54, 1.807) is 0 Å². The molecule has 0 bridgehead atoms. The molecule has 0 aromatic carbocycles. The Morgan fingerprint density at radius 3 is 2.08 bits per heavy atom. The van der Waals surface area contributed by atoms with Gasteiger partial charge in [-0.15, -0.1) is 0 Å². The van der Waals surface area contributed by atoms with Crippen molar-refractivity contribution in [1.82, 2.24) is 0 Å². The second-order valence-corrected chi connectivity index (χ2v) is 2.16. The second-order valence-electron chi connectivity index (χ2n) is 2.16. The summed E-state index contributed by atoms with van der Waals surface area (Å²) in [5.41, 5.74) is 0. The fourth-order valence-electron chi connectivity index (χ4n) is 0.385. The van der Waals surface area contributed by atoms with Crippen LogP contribution >= 0.6 is 0 Å². The highest BCUT2D eigenvalue weighted by Crippen LogP contribution is 1.96. The minimum Gasteiger partial charge on any atom is -0.481 e. The predicted octanol–water partition coefficient (Wildman–Crippen LogP) is -0.0830. The van der Waals surface area contributed by atoms with Gasteiger partial charge in [0.25, 0.3) is 5.78 Å². The Morgan fingerprint density at radius 2 is 1.75 bits per heavy atom. The SMILES string of the molecule is CC(C=CC(=O)C(=O)O)C(=O)O.